The second-order valence-electron chi connectivity index (χ2n) is 1.68. The molecule has 0 amide bonds. The summed E-state index contributed by atoms with van der Waals surface area (Å²) in [5.41, 5.74) is 0.626. The predicted octanol–water partition coefficient (Wildman–Crippen LogP) is 1.56. The smallest absolute Gasteiger partial charge is 0.157 e. The van der Waals surface area contributed by atoms with Gasteiger partial charge in [0.05, 0.1) is 6.20 Å². The monoisotopic (exact) mass is 126 g/mol. The summed E-state index contributed by atoms with van der Waals surface area (Å²) in [6.45, 7) is 3.20. The average molecular weight is 126 g/mol. The summed E-state index contributed by atoms with van der Waals surface area (Å²) < 4.78 is 0. The number of hydrogen-bond donors (Lipinski definition) is 0. The van der Waals surface area contributed by atoms with Crippen molar-refractivity contribution in [1.29, 1.82) is 0 Å². The molecule has 0 aliphatic rings. The highest BCUT2D eigenvalue weighted by Gasteiger charge is 1.91. The van der Waals surface area contributed by atoms with Gasteiger partial charge in [0.1, 0.15) is 0 Å². The Morgan fingerprint density at radius 2 is 2.00 bits per heavy atom. The van der Waals surface area contributed by atoms with Crippen molar-refractivity contribution in [3.05, 3.63) is 11.8 Å². The van der Waals surface area contributed by atoms with Crippen LogP contribution in [0.15, 0.2) is 22.0 Å². The Bertz CT molecular complexity index is 158. The topological polar surface area (TPSA) is 41.8 Å². The maximum absolute atomic E-state index is 10.5. The van der Waals surface area contributed by atoms with E-state index in [2.05, 4.69) is 10.2 Å². The van der Waals surface area contributed by atoms with Gasteiger partial charge < -0.3 is 0 Å². The van der Waals surface area contributed by atoms with Crippen LogP contribution in [-0.2, 0) is 4.79 Å². The fourth-order valence-electron chi connectivity index (χ4n) is 0.235. The number of carbonyl (C=O) groups is 1. The number of nitrogens with zero attached hydrogens (tertiary/aromatic N) is 2. The van der Waals surface area contributed by atoms with Gasteiger partial charge in [0.25, 0.3) is 0 Å². The molecule has 0 radical (unpaired) electrons. The van der Waals surface area contributed by atoms with E-state index in [-0.39, 0.29) is 5.78 Å². The Balaban J connectivity index is 4.00. The molecule has 0 atom stereocenters. The molecule has 3 nitrogen and oxygen atoms in total. The van der Waals surface area contributed by atoms with Crippen molar-refractivity contribution >= 4 is 5.78 Å². The fourth-order valence-corrected chi connectivity index (χ4v) is 0.235. The third-order valence-electron chi connectivity index (χ3n) is 0.922. The van der Waals surface area contributed by atoms with Gasteiger partial charge in [0.2, 0.25) is 0 Å². The first-order chi connectivity index (χ1) is 4.18. The van der Waals surface area contributed by atoms with Crippen LogP contribution < -0.4 is 0 Å². The Morgan fingerprint density at radius 1 is 1.44 bits per heavy atom. The van der Waals surface area contributed by atoms with Crippen molar-refractivity contribution in [1.82, 2.24) is 0 Å². The van der Waals surface area contributed by atoms with Crippen molar-refractivity contribution in [2.24, 2.45) is 10.2 Å². The molecule has 0 aliphatic heterocycles. The second-order valence-corrected chi connectivity index (χ2v) is 1.68. The normalized spacial score (nSPS) is 12.6. The Hall–Kier alpha value is -0.990. The van der Waals surface area contributed by atoms with Crippen molar-refractivity contribution in [2.45, 2.75) is 13.8 Å². The number of ketones is 1. The van der Waals surface area contributed by atoms with E-state index in [0.717, 1.165) is 0 Å². The second kappa shape index (κ2) is 3.95. The van der Waals surface area contributed by atoms with E-state index in [1.165, 1.54) is 13.1 Å². The standard InChI is InChI=1S/C6H10N2O/c1-5(6(2)9)4-8-7-3/h4H,1-3H3/b5-4+,8-7?. The number of Topliss-reactive ketones (excluding diaryl/α,β-unsaturated/α-hetero) is 1. The van der Waals surface area contributed by atoms with Crippen LogP contribution in [-0.4, -0.2) is 12.8 Å². The van der Waals surface area contributed by atoms with E-state index >= 15 is 0 Å². The maximum atomic E-state index is 10.5. The number of carbonyl (C=O) groups excluding carboxylic acids is 1. The predicted molar refractivity (Wildman–Crippen MR) is 35.2 cm³/mol. The highest BCUT2D eigenvalue weighted by Crippen LogP contribution is 1.93. The zero-order valence-electron chi connectivity index (χ0n) is 5.88. The number of allylic oxidation sites excluding steroid dienone is 1. The molecular weight excluding hydrogens is 116 g/mol. The van der Waals surface area contributed by atoms with E-state index in [4.69, 9.17) is 0 Å². The molecule has 0 bridgehead atoms. The van der Waals surface area contributed by atoms with Gasteiger partial charge in [-0.3, -0.25) is 4.79 Å². The molecule has 50 valence electrons. The highest BCUT2D eigenvalue weighted by atomic mass is 16.1. The van der Waals surface area contributed by atoms with E-state index in [1.54, 1.807) is 14.0 Å². The van der Waals surface area contributed by atoms with E-state index in [9.17, 15) is 4.79 Å². The lowest BCUT2D eigenvalue weighted by Crippen LogP contribution is -1.89. The average Bonchev–Trinajstić information content (AvgIpc) is 1.82. The molecule has 0 heterocycles. The molecular formula is C6H10N2O. The first kappa shape index (κ1) is 8.01. The van der Waals surface area contributed by atoms with Crippen molar-refractivity contribution in [2.75, 3.05) is 7.05 Å². The minimum absolute atomic E-state index is 0.0300. The molecule has 0 aromatic rings. The summed E-state index contributed by atoms with van der Waals surface area (Å²) in [4.78, 5) is 10.5. The summed E-state index contributed by atoms with van der Waals surface area (Å²) >= 11 is 0. The first-order valence-electron chi connectivity index (χ1n) is 2.65. The fraction of sp³-hybridized carbons (Fsp3) is 0.500. The van der Waals surface area contributed by atoms with Crippen LogP contribution >= 0.6 is 0 Å². The molecule has 0 saturated heterocycles. The van der Waals surface area contributed by atoms with Gasteiger partial charge in [-0.25, -0.2) is 0 Å². The molecule has 3 heteroatoms. The van der Waals surface area contributed by atoms with Gasteiger partial charge in [-0.15, -0.1) is 0 Å². The van der Waals surface area contributed by atoms with Crippen molar-refractivity contribution in [3.8, 4) is 0 Å². The Labute approximate surface area is 54.5 Å². The van der Waals surface area contributed by atoms with Crippen LogP contribution in [0.4, 0.5) is 0 Å². The molecule has 0 rings (SSSR count). The molecule has 0 unspecified atom stereocenters. The van der Waals surface area contributed by atoms with Crippen LogP contribution in [0.25, 0.3) is 0 Å². The summed E-state index contributed by atoms with van der Waals surface area (Å²) in [6.07, 6.45) is 1.45. The maximum Gasteiger partial charge on any atom is 0.157 e. The summed E-state index contributed by atoms with van der Waals surface area (Å²) in [5, 5.41) is 6.99. The summed E-state index contributed by atoms with van der Waals surface area (Å²) in [5.74, 6) is 0.0300. The zero-order chi connectivity index (χ0) is 7.28. The SMILES string of the molecule is CN=N/C=C(\C)C(C)=O. The number of rotatable bonds is 2. The lowest BCUT2D eigenvalue weighted by Gasteiger charge is -1.85. The third-order valence-corrected chi connectivity index (χ3v) is 0.922. The molecule has 0 N–H and O–H groups in total. The van der Waals surface area contributed by atoms with Crippen molar-refractivity contribution in [3.63, 3.8) is 0 Å². The lowest BCUT2D eigenvalue weighted by molar-refractivity contribution is -0.113. The van der Waals surface area contributed by atoms with Gasteiger partial charge in [-0.1, -0.05) is 0 Å². The van der Waals surface area contributed by atoms with Crippen LogP contribution in [0, 0.1) is 0 Å². The largest absolute Gasteiger partial charge is 0.295 e. The van der Waals surface area contributed by atoms with E-state index < -0.39 is 0 Å². The Kier molecular flexibility index (Phi) is 3.51. The van der Waals surface area contributed by atoms with Gasteiger partial charge in [0.15, 0.2) is 5.78 Å². The summed E-state index contributed by atoms with van der Waals surface area (Å²) in [6, 6.07) is 0. The third kappa shape index (κ3) is 3.58. The molecule has 0 spiro atoms. The molecule has 0 saturated carbocycles. The van der Waals surface area contributed by atoms with E-state index in [1.807, 2.05) is 0 Å². The van der Waals surface area contributed by atoms with E-state index in [0.29, 0.717) is 5.57 Å². The van der Waals surface area contributed by atoms with Crippen LogP contribution in [0.3, 0.4) is 0 Å². The highest BCUT2D eigenvalue weighted by molar-refractivity contribution is 5.92. The zero-order valence-corrected chi connectivity index (χ0v) is 5.88. The first-order valence-corrected chi connectivity index (χ1v) is 2.65. The quantitative estimate of drug-likeness (QED) is 0.409. The number of hydrogen-bond acceptors (Lipinski definition) is 3. The van der Waals surface area contributed by atoms with Gasteiger partial charge >= 0.3 is 0 Å². The number of azo groups is 1. The van der Waals surface area contributed by atoms with Crippen LogP contribution in [0.2, 0.25) is 0 Å². The molecule has 0 aromatic carbocycles. The van der Waals surface area contributed by atoms with Gasteiger partial charge in [-0.05, 0) is 13.8 Å². The Morgan fingerprint density at radius 3 is 2.33 bits per heavy atom. The molecule has 0 fully saturated rings. The van der Waals surface area contributed by atoms with Crippen molar-refractivity contribution < 1.29 is 4.79 Å². The molecule has 0 aliphatic carbocycles. The molecule has 0 aromatic heterocycles. The minimum Gasteiger partial charge on any atom is -0.295 e. The van der Waals surface area contributed by atoms with Gasteiger partial charge in [-0.2, -0.15) is 10.2 Å². The van der Waals surface area contributed by atoms with Crippen LogP contribution in [0.1, 0.15) is 13.8 Å². The summed E-state index contributed by atoms with van der Waals surface area (Å²) in [7, 11) is 1.56. The molecule has 9 heavy (non-hydrogen) atoms. The van der Waals surface area contributed by atoms with Gasteiger partial charge in [0, 0.05) is 12.6 Å². The van der Waals surface area contributed by atoms with Crippen LogP contribution in [0.5, 0.6) is 0 Å². The lowest BCUT2D eigenvalue weighted by atomic mass is 10.2. The minimum atomic E-state index is 0.0300.